The molecule has 0 spiro atoms. The Bertz CT molecular complexity index is 702. The van der Waals surface area contributed by atoms with Crippen molar-refractivity contribution in [2.24, 2.45) is 5.41 Å². The fourth-order valence-electron chi connectivity index (χ4n) is 3.54. The summed E-state index contributed by atoms with van der Waals surface area (Å²) in [5.41, 5.74) is -0.375. The summed E-state index contributed by atoms with van der Waals surface area (Å²) in [6.45, 7) is -0.383. The van der Waals surface area contributed by atoms with Crippen molar-refractivity contribution >= 4 is 23.7 Å². The molecule has 0 bridgehead atoms. The molecule has 25 heavy (non-hydrogen) atoms. The molecular formula is C18H20N2O5. The Hall–Kier alpha value is -2.70. The van der Waals surface area contributed by atoms with Gasteiger partial charge in [0.1, 0.15) is 6.54 Å². The number of carboxylic acid groups (broad SMARTS) is 1. The predicted molar refractivity (Wildman–Crippen MR) is 88.0 cm³/mol. The van der Waals surface area contributed by atoms with Crippen molar-refractivity contribution in [3.8, 4) is 0 Å². The molecule has 0 aromatic heterocycles. The number of nitrogens with zero attached hydrogens (tertiary/aromatic N) is 1. The number of amides is 3. The minimum Gasteiger partial charge on any atom is -0.481 e. The molecule has 0 atom stereocenters. The second-order valence-electron chi connectivity index (χ2n) is 6.66. The molecule has 3 rings (SSSR count). The largest absolute Gasteiger partial charge is 0.481 e. The van der Waals surface area contributed by atoms with Crippen LogP contribution in [0.1, 0.15) is 52.8 Å². The van der Waals surface area contributed by atoms with Crippen LogP contribution in [0.25, 0.3) is 0 Å². The lowest BCUT2D eigenvalue weighted by atomic mass is 9.74. The highest BCUT2D eigenvalue weighted by Crippen LogP contribution is 2.36. The number of aliphatic carboxylic acids is 1. The van der Waals surface area contributed by atoms with Gasteiger partial charge < -0.3 is 10.4 Å². The number of hydrogen-bond acceptors (Lipinski definition) is 4. The Kier molecular flexibility index (Phi) is 4.57. The second kappa shape index (κ2) is 6.66. The first-order valence-corrected chi connectivity index (χ1v) is 8.40. The van der Waals surface area contributed by atoms with Crippen LogP contribution in [0.4, 0.5) is 0 Å². The first-order chi connectivity index (χ1) is 11.9. The van der Waals surface area contributed by atoms with Gasteiger partial charge in [0.05, 0.1) is 16.5 Å². The van der Waals surface area contributed by atoms with Gasteiger partial charge in [-0.3, -0.25) is 24.1 Å². The van der Waals surface area contributed by atoms with Gasteiger partial charge in [-0.1, -0.05) is 31.4 Å². The van der Waals surface area contributed by atoms with E-state index >= 15 is 0 Å². The highest BCUT2D eigenvalue weighted by molar-refractivity contribution is 6.22. The fourth-order valence-corrected chi connectivity index (χ4v) is 3.54. The zero-order valence-corrected chi connectivity index (χ0v) is 13.8. The minimum atomic E-state index is -0.949. The van der Waals surface area contributed by atoms with Gasteiger partial charge in [0.2, 0.25) is 5.91 Å². The number of imide groups is 1. The maximum Gasteiger partial charge on any atom is 0.311 e. The first kappa shape index (κ1) is 17.1. The van der Waals surface area contributed by atoms with Crippen molar-refractivity contribution in [3.05, 3.63) is 35.4 Å². The molecule has 1 aromatic carbocycles. The Balaban J connectivity index is 1.63. The summed E-state index contributed by atoms with van der Waals surface area (Å²) in [5.74, 6) is -2.43. The number of fused-ring (bicyclic) bond motifs is 1. The van der Waals surface area contributed by atoms with Crippen LogP contribution >= 0.6 is 0 Å². The van der Waals surface area contributed by atoms with Gasteiger partial charge in [-0.15, -0.1) is 0 Å². The van der Waals surface area contributed by atoms with Gasteiger partial charge in [-0.25, -0.2) is 0 Å². The van der Waals surface area contributed by atoms with Crippen LogP contribution in [0.15, 0.2) is 24.3 Å². The Labute approximate surface area is 145 Å². The van der Waals surface area contributed by atoms with Crippen LogP contribution in [-0.4, -0.2) is 46.8 Å². The van der Waals surface area contributed by atoms with E-state index in [1.54, 1.807) is 24.3 Å². The number of carboxylic acids is 1. The third-order valence-electron chi connectivity index (χ3n) is 5.07. The molecule has 1 heterocycles. The standard InChI is InChI=1S/C18H20N2O5/c21-14(19-11-18(17(24)25)8-4-1-5-9-18)10-20-15(22)12-6-2-3-7-13(12)16(20)23/h2-3,6-7H,1,4-5,8-11H2,(H,19,21)(H,24,25). The number of rotatable bonds is 5. The smallest absolute Gasteiger partial charge is 0.311 e. The number of carbonyl (C=O) groups excluding carboxylic acids is 3. The van der Waals surface area contributed by atoms with E-state index in [0.717, 1.165) is 24.2 Å². The highest BCUT2D eigenvalue weighted by Gasteiger charge is 2.41. The van der Waals surface area contributed by atoms with E-state index in [9.17, 15) is 24.3 Å². The molecule has 2 aliphatic rings. The Morgan fingerprint density at radius 2 is 1.60 bits per heavy atom. The van der Waals surface area contributed by atoms with E-state index in [-0.39, 0.29) is 17.7 Å². The predicted octanol–water partition coefficient (Wildman–Crippen LogP) is 1.43. The number of benzene rings is 1. The molecular weight excluding hydrogens is 324 g/mol. The van der Waals surface area contributed by atoms with E-state index in [4.69, 9.17) is 0 Å². The van der Waals surface area contributed by atoms with Crippen molar-refractivity contribution in [1.29, 1.82) is 0 Å². The van der Waals surface area contributed by atoms with Gasteiger partial charge in [-0.05, 0) is 25.0 Å². The van der Waals surface area contributed by atoms with Crippen LogP contribution in [0.5, 0.6) is 0 Å². The third-order valence-corrected chi connectivity index (χ3v) is 5.07. The molecule has 1 aromatic rings. The Morgan fingerprint density at radius 3 is 2.12 bits per heavy atom. The van der Waals surface area contributed by atoms with E-state index < -0.39 is 35.7 Å². The van der Waals surface area contributed by atoms with E-state index in [1.807, 2.05) is 0 Å². The summed E-state index contributed by atoms with van der Waals surface area (Å²) in [6.07, 6.45) is 3.68. The molecule has 7 heteroatoms. The van der Waals surface area contributed by atoms with E-state index in [1.165, 1.54) is 0 Å². The third kappa shape index (κ3) is 3.14. The molecule has 2 N–H and O–H groups in total. The maximum absolute atomic E-state index is 12.3. The van der Waals surface area contributed by atoms with Gasteiger partial charge >= 0.3 is 5.97 Å². The molecule has 1 aliphatic heterocycles. The summed E-state index contributed by atoms with van der Waals surface area (Å²) >= 11 is 0. The molecule has 0 unspecified atom stereocenters. The van der Waals surface area contributed by atoms with E-state index in [0.29, 0.717) is 12.8 Å². The molecule has 0 radical (unpaired) electrons. The van der Waals surface area contributed by atoms with Crippen LogP contribution in [0, 0.1) is 5.41 Å². The maximum atomic E-state index is 12.3. The SMILES string of the molecule is O=C(CN1C(=O)c2ccccc2C1=O)NCC1(C(=O)O)CCCCC1. The van der Waals surface area contributed by atoms with Crippen molar-refractivity contribution in [2.75, 3.05) is 13.1 Å². The minimum absolute atomic E-state index is 0.0182. The Morgan fingerprint density at radius 1 is 1.04 bits per heavy atom. The quantitative estimate of drug-likeness (QED) is 0.787. The zero-order chi connectivity index (χ0) is 18.0. The summed E-state index contributed by atoms with van der Waals surface area (Å²) < 4.78 is 0. The summed E-state index contributed by atoms with van der Waals surface area (Å²) in [7, 11) is 0. The van der Waals surface area contributed by atoms with Crippen molar-refractivity contribution in [3.63, 3.8) is 0 Å². The average Bonchev–Trinajstić information content (AvgIpc) is 2.86. The lowest BCUT2D eigenvalue weighted by Gasteiger charge is -2.33. The highest BCUT2D eigenvalue weighted by atomic mass is 16.4. The van der Waals surface area contributed by atoms with Crippen LogP contribution in [-0.2, 0) is 9.59 Å². The zero-order valence-electron chi connectivity index (χ0n) is 13.8. The summed E-state index contributed by atoms with van der Waals surface area (Å²) in [5, 5.41) is 12.1. The van der Waals surface area contributed by atoms with Crippen LogP contribution < -0.4 is 5.32 Å². The molecule has 3 amide bonds. The molecule has 1 fully saturated rings. The molecule has 132 valence electrons. The second-order valence-corrected chi connectivity index (χ2v) is 6.66. The van der Waals surface area contributed by atoms with E-state index in [2.05, 4.69) is 5.32 Å². The monoisotopic (exact) mass is 344 g/mol. The van der Waals surface area contributed by atoms with Crippen molar-refractivity contribution in [2.45, 2.75) is 32.1 Å². The van der Waals surface area contributed by atoms with Crippen LogP contribution in [0.2, 0.25) is 0 Å². The lowest BCUT2D eigenvalue weighted by Crippen LogP contribution is -2.47. The van der Waals surface area contributed by atoms with Crippen LogP contribution in [0.3, 0.4) is 0 Å². The average molecular weight is 344 g/mol. The van der Waals surface area contributed by atoms with Crippen molar-refractivity contribution in [1.82, 2.24) is 10.2 Å². The first-order valence-electron chi connectivity index (χ1n) is 8.40. The van der Waals surface area contributed by atoms with Gasteiger partial charge in [0.15, 0.2) is 0 Å². The molecule has 0 saturated heterocycles. The molecule has 7 nitrogen and oxygen atoms in total. The van der Waals surface area contributed by atoms with Gasteiger partial charge in [-0.2, -0.15) is 0 Å². The number of carbonyl (C=O) groups is 4. The van der Waals surface area contributed by atoms with Gasteiger partial charge in [0.25, 0.3) is 11.8 Å². The topological polar surface area (TPSA) is 104 Å². The number of hydrogen-bond donors (Lipinski definition) is 2. The normalized spacial score (nSPS) is 18.8. The molecule has 1 aliphatic carbocycles. The van der Waals surface area contributed by atoms with Gasteiger partial charge in [0, 0.05) is 6.54 Å². The molecule has 1 saturated carbocycles. The summed E-state index contributed by atoms with van der Waals surface area (Å²) in [4.78, 5) is 49.2. The van der Waals surface area contributed by atoms with Crippen molar-refractivity contribution < 1.29 is 24.3 Å². The lowest BCUT2D eigenvalue weighted by molar-refractivity contribution is -0.151. The number of nitrogens with one attached hydrogen (secondary N) is 1. The summed E-state index contributed by atoms with van der Waals surface area (Å²) in [6, 6.07) is 6.42. The fraction of sp³-hybridized carbons (Fsp3) is 0.444.